The van der Waals surface area contributed by atoms with E-state index in [0.29, 0.717) is 24.4 Å². The molecule has 0 N–H and O–H groups in total. The van der Waals surface area contributed by atoms with Crippen molar-refractivity contribution in [2.75, 3.05) is 25.4 Å². The number of hydrogen-bond donors (Lipinski definition) is 0. The van der Waals surface area contributed by atoms with Crippen molar-refractivity contribution >= 4 is 35.3 Å². The number of benzene rings is 1. The Morgan fingerprint density at radius 2 is 1.76 bits per heavy atom. The summed E-state index contributed by atoms with van der Waals surface area (Å²) in [6, 6.07) is 3.10. The van der Waals surface area contributed by atoms with Crippen molar-refractivity contribution in [3.05, 3.63) is 41.2 Å². The Morgan fingerprint density at radius 3 is 2.42 bits per heavy atom. The fourth-order valence-electron chi connectivity index (χ4n) is 4.28. The first-order valence-corrected chi connectivity index (χ1v) is 12.6. The van der Waals surface area contributed by atoms with Gasteiger partial charge in [0.15, 0.2) is 22.9 Å². The van der Waals surface area contributed by atoms with Gasteiger partial charge in [0.05, 0.1) is 5.69 Å². The van der Waals surface area contributed by atoms with Crippen LogP contribution in [0.5, 0.6) is 0 Å². The van der Waals surface area contributed by atoms with Gasteiger partial charge in [-0.15, -0.1) is 22.6 Å². The van der Waals surface area contributed by atoms with E-state index in [1.807, 2.05) is 18.5 Å². The molecule has 38 heavy (non-hydrogen) atoms. The first kappa shape index (κ1) is 28.3. The Hall–Kier alpha value is -2.71. The highest BCUT2D eigenvalue weighted by Gasteiger charge is 2.62. The molecule has 0 saturated carbocycles. The molecule has 0 amide bonds. The second kappa shape index (κ2) is 10.8. The lowest BCUT2D eigenvalue weighted by Crippen LogP contribution is -2.33. The molecule has 0 bridgehead atoms. The third-order valence-corrected chi connectivity index (χ3v) is 7.47. The molecule has 1 aliphatic heterocycles. The van der Waals surface area contributed by atoms with Crippen molar-refractivity contribution in [2.45, 2.75) is 43.4 Å². The smallest absolute Gasteiger partial charge is 0.440 e. The van der Waals surface area contributed by atoms with Crippen LogP contribution >= 0.6 is 24.2 Å². The summed E-state index contributed by atoms with van der Waals surface area (Å²) in [6.45, 7) is 4.17. The van der Waals surface area contributed by atoms with E-state index in [-0.39, 0.29) is 23.5 Å². The summed E-state index contributed by atoms with van der Waals surface area (Å²) in [5.74, 6) is -4.71. The highest BCUT2D eigenvalue weighted by molar-refractivity contribution is 7.99. The first-order valence-electron chi connectivity index (χ1n) is 11.6. The van der Waals surface area contributed by atoms with Gasteiger partial charge >= 0.3 is 12.1 Å². The minimum Gasteiger partial charge on any atom is -0.440 e. The highest BCUT2D eigenvalue weighted by atomic mass is 35.5. The fourth-order valence-corrected chi connectivity index (χ4v) is 5.11. The number of hydrogen-bond acceptors (Lipinski definition) is 8. The van der Waals surface area contributed by atoms with Crippen LogP contribution in [0.25, 0.3) is 22.7 Å². The van der Waals surface area contributed by atoms with E-state index < -0.39 is 18.0 Å². The van der Waals surface area contributed by atoms with Crippen LogP contribution in [-0.4, -0.2) is 61.2 Å². The zero-order chi connectivity index (χ0) is 26.4. The second-order valence-electron chi connectivity index (χ2n) is 8.86. The maximum absolute atomic E-state index is 13.6. The maximum atomic E-state index is 13.6. The van der Waals surface area contributed by atoms with E-state index in [1.165, 1.54) is 12.5 Å². The first-order chi connectivity index (χ1) is 17.5. The number of nitrogens with zero attached hydrogens (tertiary/aromatic N) is 6. The summed E-state index contributed by atoms with van der Waals surface area (Å²) < 4.78 is 77.5. The number of aromatic nitrogens is 5. The van der Waals surface area contributed by atoms with Crippen molar-refractivity contribution in [2.24, 2.45) is 7.05 Å². The lowest BCUT2D eigenvalue weighted by atomic mass is 10.0. The van der Waals surface area contributed by atoms with E-state index in [1.54, 1.807) is 17.8 Å². The lowest BCUT2D eigenvalue weighted by Gasteiger charge is -2.19. The number of oxazole rings is 2. The van der Waals surface area contributed by atoms with Gasteiger partial charge in [0, 0.05) is 25.9 Å². The monoisotopic (exact) mass is 578 g/mol. The Bertz CT molecular complexity index is 1370. The van der Waals surface area contributed by atoms with Gasteiger partial charge in [0.1, 0.15) is 5.52 Å². The van der Waals surface area contributed by atoms with Crippen molar-refractivity contribution in [1.29, 1.82) is 0 Å². The summed E-state index contributed by atoms with van der Waals surface area (Å²) in [4.78, 5) is 9.85. The van der Waals surface area contributed by atoms with Crippen molar-refractivity contribution in [3.8, 4) is 11.6 Å². The van der Waals surface area contributed by atoms with Gasteiger partial charge in [-0.25, -0.2) is 9.97 Å². The standard InChI is InChI=1S/C23H23F5N6O2S.ClH/c1-13-18(35-12-29-13)19-31-32-21(33(19)2)37-9-3-6-34-7-4-14-10-16-17(11-15(14)5-8-34)36-20(30-16)22(24,25)23(26,27)28;/h10-12H,3-9H2,1-2H3;1H. The SMILES string of the molecule is Cc1ncoc1-c1nnc(SCCCN2CCc3cc4nc(C(F)(F)C(F)(F)F)oc4cc3CC2)n1C.Cl. The molecule has 0 unspecified atom stereocenters. The molecule has 0 saturated heterocycles. The van der Waals surface area contributed by atoms with Crippen LogP contribution in [0.4, 0.5) is 22.0 Å². The van der Waals surface area contributed by atoms with Crippen LogP contribution in [0.3, 0.4) is 0 Å². The molecule has 15 heteroatoms. The number of halogens is 6. The molecule has 0 spiro atoms. The molecule has 0 aliphatic carbocycles. The van der Waals surface area contributed by atoms with Gasteiger partial charge < -0.3 is 18.3 Å². The summed E-state index contributed by atoms with van der Waals surface area (Å²) >= 11 is 1.60. The van der Waals surface area contributed by atoms with Crippen LogP contribution in [0.2, 0.25) is 0 Å². The van der Waals surface area contributed by atoms with Gasteiger partial charge in [0.2, 0.25) is 5.82 Å². The van der Waals surface area contributed by atoms with Crippen LogP contribution in [0.1, 0.15) is 29.1 Å². The van der Waals surface area contributed by atoms with E-state index in [2.05, 4.69) is 25.1 Å². The normalized spacial score (nSPS) is 14.9. The average molecular weight is 579 g/mol. The topological polar surface area (TPSA) is 86.0 Å². The van der Waals surface area contributed by atoms with Crippen LogP contribution in [0, 0.1) is 6.92 Å². The molecular weight excluding hydrogens is 555 g/mol. The van der Waals surface area contributed by atoms with Gasteiger partial charge in [0.25, 0.3) is 5.89 Å². The molecule has 1 aliphatic rings. The van der Waals surface area contributed by atoms with Gasteiger partial charge in [-0.2, -0.15) is 22.0 Å². The zero-order valence-corrected chi connectivity index (χ0v) is 22.0. The predicted molar refractivity (Wildman–Crippen MR) is 132 cm³/mol. The molecule has 0 fully saturated rings. The molecule has 206 valence electrons. The highest BCUT2D eigenvalue weighted by Crippen LogP contribution is 2.44. The van der Waals surface area contributed by atoms with E-state index in [4.69, 9.17) is 8.83 Å². The maximum Gasteiger partial charge on any atom is 0.463 e. The molecule has 8 nitrogen and oxygen atoms in total. The second-order valence-corrected chi connectivity index (χ2v) is 9.92. The summed E-state index contributed by atoms with van der Waals surface area (Å²) in [7, 11) is 1.88. The molecular formula is C23H24ClF5N6O2S. The van der Waals surface area contributed by atoms with Crippen molar-refractivity contribution in [1.82, 2.24) is 29.6 Å². The number of thioether (sulfide) groups is 1. The zero-order valence-electron chi connectivity index (χ0n) is 20.4. The molecule has 4 heterocycles. The van der Waals surface area contributed by atoms with Crippen molar-refractivity contribution in [3.63, 3.8) is 0 Å². The van der Waals surface area contributed by atoms with Gasteiger partial charge in [-0.1, -0.05) is 11.8 Å². The summed E-state index contributed by atoms with van der Waals surface area (Å²) in [5.41, 5.74) is 2.44. The number of fused-ring (bicyclic) bond motifs is 2. The molecule has 3 aromatic heterocycles. The van der Waals surface area contributed by atoms with E-state index >= 15 is 0 Å². The molecule has 4 aromatic rings. The fraction of sp³-hybridized carbons (Fsp3) is 0.478. The third kappa shape index (κ3) is 5.38. The van der Waals surface area contributed by atoms with Crippen molar-refractivity contribution < 1.29 is 30.8 Å². The van der Waals surface area contributed by atoms with Crippen LogP contribution < -0.4 is 0 Å². The molecule has 5 rings (SSSR count). The number of alkyl halides is 5. The number of rotatable bonds is 7. The minimum absolute atomic E-state index is 0. The Morgan fingerprint density at radius 1 is 1.05 bits per heavy atom. The largest absolute Gasteiger partial charge is 0.463 e. The Kier molecular flexibility index (Phi) is 8.05. The lowest BCUT2D eigenvalue weighted by molar-refractivity contribution is -0.297. The number of aryl methyl sites for hydroxylation is 1. The third-order valence-electron chi connectivity index (χ3n) is 6.36. The van der Waals surface area contributed by atoms with Gasteiger partial charge in [-0.3, -0.25) is 0 Å². The molecule has 1 aromatic carbocycles. The molecule has 0 atom stereocenters. The van der Waals surface area contributed by atoms with Crippen LogP contribution in [-0.2, 0) is 25.8 Å². The molecule has 0 radical (unpaired) electrons. The van der Waals surface area contributed by atoms with Gasteiger partial charge in [-0.05, 0) is 56.0 Å². The van der Waals surface area contributed by atoms with E-state index in [9.17, 15) is 22.0 Å². The minimum atomic E-state index is -5.77. The average Bonchev–Trinajstić information content (AvgIpc) is 3.51. The quantitative estimate of drug-likeness (QED) is 0.160. The Balaban J connectivity index is 0.00000336. The summed E-state index contributed by atoms with van der Waals surface area (Å²) in [5, 5.41) is 9.23. The Labute approximate surface area is 224 Å². The summed E-state index contributed by atoms with van der Waals surface area (Å²) in [6.07, 6.45) is -2.21. The van der Waals surface area contributed by atoms with Crippen LogP contribution in [0.15, 0.2) is 32.5 Å². The van der Waals surface area contributed by atoms with E-state index in [0.717, 1.165) is 53.8 Å². The predicted octanol–water partition coefficient (Wildman–Crippen LogP) is 5.58.